The van der Waals surface area contributed by atoms with Crippen molar-refractivity contribution < 1.29 is 19.4 Å². The van der Waals surface area contributed by atoms with Gasteiger partial charge < -0.3 is 14.7 Å². The number of benzene rings is 1. The number of carboxylic acids is 1. The number of hydrogen-bond acceptors (Lipinski definition) is 4. The normalized spacial score (nSPS) is 20.5. The van der Waals surface area contributed by atoms with Gasteiger partial charge in [-0.25, -0.2) is 0 Å². The monoisotopic (exact) mass is 303 g/mol. The first-order valence-corrected chi connectivity index (χ1v) is 7.74. The van der Waals surface area contributed by atoms with E-state index in [2.05, 4.69) is 4.90 Å². The van der Waals surface area contributed by atoms with E-state index >= 15 is 0 Å². The molecule has 1 aromatic carbocycles. The molecule has 0 bridgehead atoms. The topological polar surface area (TPSA) is 66.8 Å². The first-order valence-electron chi connectivity index (χ1n) is 7.74. The Bertz CT molecular complexity index is 603. The summed E-state index contributed by atoms with van der Waals surface area (Å²) in [5.74, 6) is 0.0873. The minimum atomic E-state index is -0.770. The van der Waals surface area contributed by atoms with Gasteiger partial charge in [0.1, 0.15) is 11.4 Å². The number of rotatable bonds is 3. The van der Waals surface area contributed by atoms with Crippen LogP contribution in [0.5, 0.6) is 5.75 Å². The molecule has 1 N–H and O–H groups in total. The van der Waals surface area contributed by atoms with Crippen LogP contribution >= 0.6 is 0 Å². The van der Waals surface area contributed by atoms with Gasteiger partial charge in [0.25, 0.3) is 0 Å². The Morgan fingerprint density at radius 3 is 2.77 bits per heavy atom. The largest absolute Gasteiger partial charge is 0.486 e. The van der Waals surface area contributed by atoms with Crippen LogP contribution in [0.15, 0.2) is 18.2 Å². The lowest BCUT2D eigenvalue weighted by Crippen LogP contribution is -2.51. The molecule has 1 spiro atoms. The smallest absolute Gasteiger partial charge is 0.304 e. The number of nitrogens with zero attached hydrogens (tertiary/aromatic N) is 1. The van der Waals surface area contributed by atoms with Crippen molar-refractivity contribution in [1.29, 1.82) is 0 Å². The Kier molecular flexibility index (Phi) is 3.91. The van der Waals surface area contributed by atoms with E-state index < -0.39 is 11.6 Å². The van der Waals surface area contributed by atoms with Crippen molar-refractivity contribution >= 4 is 11.8 Å². The van der Waals surface area contributed by atoms with Crippen molar-refractivity contribution in [2.45, 2.75) is 38.2 Å². The number of carbonyl (C=O) groups excluding carboxylic acids is 1. The van der Waals surface area contributed by atoms with Crippen molar-refractivity contribution in [2.75, 3.05) is 19.6 Å². The molecule has 3 rings (SSSR count). The third kappa shape index (κ3) is 2.99. The summed E-state index contributed by atoms with van der Waals surface area (Å²) >= 11 is 0. The first kappa shape index (κ1) is 15.0. The molecule has 0 aliphatic carbocycles. The Morgan fingerprint density at radius 1 is 1.36 bits per heavy atom. The van der Waals surface area contributed by atoms with Gasteiger partial charge in [-0.15, -0.1) is 0 Å². The van der Waals surface area contributed by atoms with Crippen LogP contribution in [0, 0.1) is 6.92 Å². The summed E-state index contributed by atoms with van der Waals surface area (Å²) in [5.41, 5.74) is 1.37. The zero-order valence-electron chi connectivity index (χ0n) is 12.8. The molecule has 0 saturated carbocycles. The number of Topliss-reactive ketones (excluding diaryl/α,β-unsaturated/α-hetero) is 1. The Balaban J connectivity index is 1.69. The van der Waals surface area contributed by atoms with Crippen molar-refractivity contribution in [2.24, 2.45) is 0 Å². The molecule has 2 aliphatic rings. The van der Waals surface area contributed by atoms with Crippen LogP contribution < -0.4 is 4.74 Å². The predicted molar refractivity (Wildman–Crippen MR) is 81.4 cm³/mol. The lowest BCUT2D eigenvalue weighted by atomic mass is 9.82. The number of hydrogen-bond donors (Lipinski definition) is 1. The lowest BCUT2D eigenvalue weighted by molar-refractivity contribution is -0.137. The SMILES string of the molecule is Cc1ccc2c(c1)OC1(CCN(CCC(=O)O)CC1)CC2=O. The van der Waals surface area contributed by atoms with Crippen molar-refractivity contribution in [3.05, 3.63) is 29.3 Å². The van der Waals surface area contributed by atoms with E-state index in [0.29, 0.717) is 24.3 Å². The number of carbonyl (C=O) groups is 2. The molecule has 0 atom stereocenters. The molecule has 0 radical (unpaired) electrons. The fourth-order valence-corrected chi connectivity index (χ4v) is 3.32. The first-order chi connectivity index (χ1) is 10.5. The standard InChI is InChI=1S/C17H21NO4/c1-12-2-3-13-14(19)11-17(22-15(13)10-12)5-8-18(9-6-17)7-4-16(20)21/h2-3,10H,4-9,11H2,1H3,(H,20,21). The lowest BCUT2D eigenvalue weighted by Gasteiger charge is -2.44. The molecule has 1 fully saturated rings. The maximum Gasteiger partial charge on any atom is 0.304 e. The number of aliphatic carboxylic acids is 1. The molecule has 5 heteroatoms. The summed E-state index contributed by atoms with van der Waals surface area (Å²) in [6.07, 6.45) is 2.13. The fraction of sp³-hybridized carbons (Fsp3) is 0.529. The number of ketones is 1. The second-order valence-corrected chi connectivity index (χ2v) is 6.37. The highest BCUT2D eigenvalue weighted by atomic mass is 16.5. The van der Waals surface area contributed by atoms with E-state index in [9.17, 15) is 9.59 Å². The molecule has 118 valence electrons. The second-order valence-electron chi connectivity index (χ2n) is 6.37. The number of piperidine rings is 1. The predicted octanol–water partition coefficient (Wildman–Crippen LogP) is 2.27. The van der Waals surface area contributed by atoms with Crippen LogP contribution in [0.2, 0.25) is 0 Å². The summed E-state index contributed by atoms with van der Waals surface area (Å²) in [5, 5.41) is 8.76. The molecule has 2 aliphatic heterocycles. The van der Waals surface area contributed by atoms with E-state index in [1.807, 2.05) is 25.1 Å². The zero-order valence-corrected chi connectivity index (χ0v) is 12.8. The van der Waals surface area contributed by atoms with E-state index in [-0.39, 0.29) is 12.2 Å². The highest BCUT2D eigenvalue weighted by Gasteiger charge is 2.42. The summed E-state index contributed by atoms with van der Waals surface area (Å²) in [6, 6.07) is 5.72. The highest BCUT2D eigenvalue weighted by Crippen LogP contribution is 2.39. The van der Waals surface area contributed by atoms with Gasteiger partial charge in [-0.3, -0.25) is 9.59 Å². The molecular formula is C17H21NO4. The Morgan fingerprint density at radius 2 is 2.09 bits per heavy atom. The molecule has 0 unspecified atom stereocenters. The summed E-state index contributed by atoms with van der Waals surface area (Å²) in [6.45, 7) is 4.11. The van der Waals surface area contributed by atoms with Gasteiger partial charge in [-0.2, -0.15) is 0 Å². The second kappa shape index (κ2) is 5.72. The van der Waals surface area contributed by atoms with Gasteiger partial charge in [0.05, 0.1) is 18.4 Å². The summed E-state index contributed by atoms with van der Waals surface area (Å²) < 4.78 is 6.22. The Labute approximate surface area is 129 Å². The van der Waals surface area contributed by atoms with E-state index in [1.165, 1.54) is 0 Å². The van der Waals surface area contributed by atoms with Gasteiger partial charge in [-0.05, 0) is 24.6 Å². The van der Waals surface area contributed by atoms with E-state index in [1.54, 1.807) is 0 Å². The maximum atomic E-state index is 12.4. The van der Waals surface area contributed by atoms with Crippen molar-refractivity contribution in [1.82, 2.24) is 4.90 Å². The number of carboxylic acid groups (broad SMARTS) is 1. The number of fused-ring (bicyclic) bond motifs is 1. The fourth-order valence-electron chi connectivity index (χ4n) is 3.32. The average Bonchev–Trinajstić information content (AvgIpc) is 2.46. The number of likely N-dealkylation sites (tertiary alicyclic amines) is 1. The molecule has 1 saturated heterocycles. The van der Waals surface area contributed by atoms with E-state index in [0.717, 1.165) is 31.5 Å². The quantitative estimate of drug-likeness (QED) is 0.928. The van der Waals surface area contributed by atoms with Crippen molar-refractivity contribution in [3.8, 4) is 5.75 Å². The van der Waals surface area contributed by atoms with Gasteiger partial charge in [0.2, 0.25) is 0 Å². The third-order valence-corrected chi connectivity index (χ3v) is 4.66. The Hall–Kier alpha value is -1.88. The van der Waals surface area contributed by atoms with Crippen LogP contribution in [0.1, 0.15) is 41.6 Å². The van der Waals surface area contributed by atoms with E-state index in [4.69, 9.17) is 9.84 Å². The molecule has 0 aromatic heterocycles. The number of ether oxygens (including phenoxy) is 1. The minimum absolute atomic E-state index is 0.153. The van der Waals surface area contributed by atoms with Crippen LogP contribution in [0.25, 0.3) is 0 Å². The zero-order chi connectivity index (χ0) is 15.7. The highest BCUT2D eigenvalue weighted by molar-refractivity contribution is 6.00. The summed E-state index contributed by atoms with van der Waals surface area (Å²) in [4.78, 5) is 25.2. The molecule has 0 amide bonds. The van der Waals surface area contributed by atoms with Crippen LogP contribution in [-0.4, -0.2) is 47.0 Å². The number of aryl methyl sites for hydroxylation is 1. The summed E-state index contributed by atoms with van der Waals surface area (Å²) in [7, 11) is 0. The van der Waals surface area contributed by atoms with Gasteiger partial charge in [-0.1, -0.05) is 6.07 Å². The molecule has 5 nitrogen and oxygen atoms in total. The maximum absolute atomic E-state index is 12.4. The van der Waals surface area contributed by atoms with Crippen LogP contribution in [0.4, 0.5) is 0 Å². The molecule has 2 heterocycles. The van der Waals surface area contributed by atoms with Crippen LogP contribution in [-0.2, 0) is 4.79 Å². The van der Waals surface area contributed by atoms with Crippen LogP contribution in [0.3, 0.4) is 0 Å². The van der Waals surface area contributed by atoms with Gasteiger partial charge in [0.15, 0.2) is 5.78 Å². The third-order valence-electron chi connectivity index (χ3n) is 4.66. The van der Waals surface area contributed by atoms with Gasteiger partial charge >= 0.3 is 5.97 Å². The molecule has 1 aromatic rings. The average molecular weight is 303 g/mol. The molecule has 22 heavy (non-hydrogen) atoms. The van der Waals surface area contributed by atoms with Gasteiger partial charge in [0, 0.05) is 32.5 Å². The molecular weight excluding hydrogens is 282 g/mol. The minimum Gasteiger partial charge on any atom is -0.486 e. The van der Waals surface area contributed by atoms with Crippen molar-refractivity contribution in [3.63, 3.8) is 0 Å².